The Hall–Kier alpha value is -1.72. The summed E-state index contributed by atoms with van der Waals surface area (Å²) in [5.74, 6) is -1.53. The van der Waals surface area contributed by atoms with Crippen LogP contribution in [0, 0.1) is 11.8 Å². The van der Waals surface area contributed by atoms with E-state index in [2.05, 4.69) is 4.74 Å². The molecule has 2 aliphatic rings. The molecule has 0 aromatic rings. The molecule has 0 amide bonds. The molecule has 0 aliphatic heterocycles. The summed E-state index contributed by atoms with van der Waals surface area (Å²) < 4.78 is 9.18. The molecule has 2 rings (SSSR count). The molecule has 0 aromatic carbocycles. The van der Waals surface area contributed by atoms with Gasteiger partial charge in [-0.1, -0.05) is 0 Å². The number of hydrogen-bond donors (Lipinski definition) is 0. The normalized spacial score (nSPS) is 24.3. The first-order valence-electron chi connectivity index (χ1n) is 7.31. The predicted octanol–water partition coefficient (Wildman–Crippen LogP) is 1.45. The van der Waals surface area contributed by atoms with Gasteiger partial charge in [0, 0.05) is 12.8 Å². The smallest absolute Gasteiger partial charge is 0.316 e. The molecule has 6 heteroatoms. The molecular formula is C15H22O6. The fourth-order valence-electron chi connectivity index (χ4n) is 2.51. The Morgan fingerprint density at radius 1 is 1.00 bits per heavy atom. The van der Waals surface area contributed by atoms with Crippen LogP contribution in [0.15, 0.2) is 0 Å². The van der Waals surface area contributed by atoms with Crippen LogP contribution in [-0.4, -0.2) is 37.2 Å². The average Bonchev–Trinajstić information content (AvgIpc) is 3.07. The topological polar surface area (TPSA) is 86.7 Å². The van der Waals surface area contributed by atoms with E-state index in [1.165, 1.54) is 7.11 Å². The molecule has 0 N–H and O–H groups in total. The highest BCUT2D eigenvalue weighted by atomic mass is 16.5. The molecule has 0 saturated heterocycles. The maximum Gasteiger partial charge on any atom is 0.316 e. The van der Waals surface area contributed by atoms with Crippen LogP contribution in [0.25, 0.3) is 0 Å². The maximum atomic E-state index is 11.0. The molecule has 0 radical (unpaired) electrons. The summed E-state index contributed by atoms with van der Waals surface area (Å²) >= 11 is 0. The van der Waals surface area contributed by atoms with Gasteiger partial charge in [-0.15, -0.1) is 0 Å². The second-order valence-electron chi connectivity index (χ2n) is 5.10. The minimum Gasteiger partial charge on any atom is -0.468 e. The largest absolute Gasteiger partial charge is 0.468 e. The van der Waals surface area contributed by atoms with Gasteiger partial charge in [-0.25, -0.2) is 0 Å². The molecule has 0 spiro atoms. The third kappa shape index (κ3) is 4.95. The van der Waals surface area contributed by atoms with E-state index in [-0.39, 0.29) is 23.5 Å². The van der Waals surface area contributed by atoms with Crippen LogP contribution in [-0.2, 0) is 28.7 Å². The van der Waals surface area contributed by atoms with Gasteiger partial charge in [0.25, 0.3) is 0 Å². The number of ketones is 2. The maximum absolute atomic E-state index is 11.0. The highest BCUT2D eigenvalue weighted by molar-refractivity contribution is 6.00. The molecule has 2 aliphatic carbocycles. The zero-order valence-electron chi connectivity index (χ0n) is 12.6. The lowest BCUT2D eigenvalue weighted by atomic mass is 10.1. The van der Waals surface area contributed by atoms with E-state index < -0.39 is 11.8 Å². The van der Waals surface area contributed by atoms with Gasteiger partial charge in [-0.2, -0.15) is 0 Å². The van der Waals surface area contributed by atoms with E-state index in [0.717, 1.165) is 12.8 Å². The molecule has 6 nitrogen and oxygen atoms in total. The van der Waals surface area contributed by atoms with Gasteiger partial charge < -0.3 is 9.47 Å². The summed E-state index contributed by atoms with van der Waals surface area (Å²) in [6, 6.07) is 0. The Labute approximate surface area is 124 Å². The van der Waals surface area contributed by atoms with Crippen LogP contribution >= 0.6 is 0 Å². The number of carbonyl (C=O) groups excluding carboxylic acids is 4. The number of methoxy groups -OCH3 is 1. The molecule has 2 fully saturated rings. The van der Waals surface area contributed by atoms with Crippen molar-refractivity contribution in [2.24, 2.45) is 11.8 Å². The average molecular weight is 298 g/mol. The monoisotopic (exact) mass is 298 g/mol. The fraction of sp³-hybridized carbons (Fsp3) is 0.733. The number of rotatable bonds is 3. The number of hydrogen-bond acceptors (Lipinski definition) is 6. The van der Waals surface area contributed by atoms with Crippen molar-refractivity contribution in [1.29, 1.82) is 0 Å². The Morgan fingerprint density at radius 2 is 1.48 bits per heavy atom. The molecule has 2 unspecified atom stereocenters. The zero-order chi connectivity index (χ0) is 15.8. The third-order valence-corrected chi connectivity index (χ3v) is 3.67. The predicted molar refractivity (Wildman–Crippen MR) is 73.3 cm³/mol. The van der Waals surface area contributed by atoms with Crippen molar-refractivity contribution < 1.29 is 28.7 Å². The van der Waals surface area contributed by atoms with E-state index in [1.54, 1.807) is 6.92 Å². The minimum absolute atomic E-state index is 0.0341. The van der Waals surface area contributed by atoms with E-state index in [0.29, 0.717) is 32.3 Å². The van der Waals surface area contributed by atoms with Crippen molar-refractivity contribution in [3.8, 4) is 0 Å². The summed E-state index contributed by atoms with van der Waals surface area (Å²) in [6.45, 7) is 2.11. The highest BCUT2D eigenvalue weighted by Gasteiger charge is 2.32. The fourth-order valence-corrected chi connectivity index (χ4v) is 2.51. The van der Waals surface area contributed by atoms with Crippen LogP contribution in [0.5, 0.6) is 0 Å². The quantitative estimate of drug-likeness (QED) is 0.579. The van der Waals surface area contributed by atoms with Crippen molar-refractivity contribution >= 4 is 23.5 Å². The lowest BCUT2D eigenvalue weighted by molar-refractivity contribution is -0.151. The molecule has 0 heterocycles. The van der Waals surface area contributed by atoms with E-state index in [9.17, 15) is 19.2 Å². The van der Waals surface area contributed by atoms with Crippen LogP contribution < -0.4 is 0 Å². The van der Waals surface area contributed by atoms with Crippen molar-refractivity contribution in [3.05, 3.63) is 0 Å². The minimum atomic E-state index is -0.454. The summed E-state index contributed by atoms with van der Waals surface area (Å²) in [4.78, 5) is 43.7. The summed E-state index contributed by atoms with van der Waals surface area (Å²) in [5, 5.41) is 0. The van der Waals surface area contributed by atoms with Crippen LogP contribution in [0.3, 0.4) is 0 Å². The molecule has 0 bridgehead atoms. The second kappa shape index (κ2) is 8.54. The number of Topliss-reactive ketones (excluding diaryl/α,β-unsaturated/α-hetero) is 2. The van der Waals surface area contributed by atoms with Crippen molar-refractivity contribution in [3.63, 3.8) is 0 Å². The lowest BCUT2D eigenvalue weighted by Crippen LogP contribution is -2.21. The molecule has 0 aromatic heterocycles. The van der Waals surface area contributed by atoms with Crippen molar-refractivity contribution in [1.82, 2.24) is 0 Å². The Morgan fingerprint density at radius 3 is 1.81 bits per heavy atom. The first kappa shape index (κ1) is 17.3. The SMILES string of the molecule is CCOC(=O)C1CCCC1=O.COC(=O)C1CCCC1=O. The highest BCUT2D eigenvalue weighted by Crippen LogP contribution is 2.22. The Balaban J connectivity index is 0.000000211. The second-order valence-corrected chi connectivity index (χ2v) is 5.10. The van der Waals surface area contributed by atoms with E-state index in [1.807, 2.05) is 0 Å². The summed E-state index contributed by atoms with van der Waals surface area (Å²) in [5.41, 5.74) is 0. The first-order valence-corrected chi connectivity index (χ1v) is 7.31. The van der Waals surface area contributed by atoms with Crippen molar-refractivity contribution in [2.45, 2.75) is 45.4 Å². The summed E-state index contributed by atoms with van der Waals surface area (Å²) in [7, 11) is 1.31. The standard InChI is InChI=1S/C8H12O3.C7H10O3/c1-2-11-8(10)6-4-3-5-7(6)9;1-10-7(9)5-3-2-4-6(5)8/h6H,2-5H2,1H3;5H,2-4H2,1H3. The molecule has 21 heavy (non-hydrogen) atoms. The lowest BCUT2D eigenvalue weighted by Gasteiger charge is -2.05. The number of carbonyl (C=O) groups is 4. The van der Waals surface area contributed by atoms with Crippen LogP contribution in [0.1, 0.15) is 45.4 Å². The van der Waals surface area contributed by atoms with Gasteiger partial charge >= 0.3 is 11.9 Å². The Kier molecular flexibility index (Phi) is 7.05. The van der Waals surface area contributed by atoms with Gasteiger partial charge in [-0.05, 0) is 32.6 Å². The van der Waals surface area contributed by atoms with Gasteiger partial charge in [0.1, 0.15) is 23.4 Å². The van der Waals surface area contributed by atoms with Crippen LogP contribution in [0.2, 0.25) is 0 Å². The molecule has 2 atom stereocenters. The third-order valence-electron chi connectivity index (χ3n) is 3.67. The van der Waals surface area contributed by atoms with Gasteiger partial charge in [0.05, 0.1) is 13.7 Å². The van der Waals surface area contributed by atoms with E-state index >= 15 is 0 Å². The van der Waals surface area contributed by atoms with Crippen LogP contribution in [0.4, 0.5) is 0 Å². The molecule has 118 valence electrons. The van der Waals surface area contributed by atoms with Gasteiger partial charge in [0.2, 0.25) is 0 Å². The van der Waals surface area contributed by atoms with Crippen molar-refractivity contribution in [2.75, 3.05) is 13.7 Å². The molecule has 2 saturated carbocycles. The van der Waals surface area contributed by atoms with Gasteiger partial charge in [-0.3, -0.25) is 19.2 Å². The van der Waals surface area contributed by atoms with Gasteiger partial charge in [0.15, 0.2) is 0 Å². The number of ether oxygens (including phenoxy) is 2. The Bertz CT molecular complexity index is 414. The zero-order valence-corrected chi connectivity index (χ0v) is 12.6. The summed E-state index contributed by atoms with van der Waals surface area (Å²) in [6.07, 6.45) is 4.10. The van der Waals surface area contributed by atoms with E-state index in [4.69, 9.17) is 4.74 Å². The number of esters is 2. The first-order chi connectivity index (χ1) is 10.0. The molecular weight excluding hydrogens is 276 g/mol.